The van der Waals surface area contributed by atoms with E-state index in [0.29, 0.717) is 22.7 Å². The number of nitrogens with zero attached hydrogens (tertiary/aromatic N) is 1. The second kappa shape index (κ2) is 10.5. The summed E-state index contributed by atoms with van der Waals surface area (Å²) in [6, 6.07) is 13.0. The van der Waals surface area contributed by atoms with Gasteiger partial charge >= 0.3 is 0 Å². The standard InChI is InChI=1S/C26H28N2O4S/c1-30-18-11-9-17(10-12-18)16-27-26-24(20-7-5-4-6-8-23(20)33-26)25(29)28-21-14-13-19(31-2)15-22(21)32-3/h9-16H,4-8H2,1-3H3,(H,28,29)/b27-16+. The van der Waals surface area contributed by atoms with E-state index in [1.54, 1.807) is 57.1 Å². The van der Waals surface area contributed by atoms with Gasteiger partial charge in [0.2, 0.25) is 0 Å². The van der Waals surface area contributed by atoms with Crippen molar-refractivity contribution in [3.8, 4) is 17.2 Å². The van der Waals surface area contributed by atoms with E-state index in [4.69, 9.17) is 19.2 Å². The van der Waals surface area contributed by atoms with E-state index in [-0.39, 0.29) is 5.91 Å². The van der Waals surface area contributed by atoms with Gasteiger partial charge in [0.05, 0.1) is 32.6 Å². The molecule has 0 atom stereocenters. The Labute approximate surface area is 198 Å². The maximum absolute atomic E-state index is 13.5. The number of methoxy groups -OCH3 is 3. The van der Waals surface area contributed by atoms with E-state index in [2.05, 4.69) is 5.32 Å². The van der Waals surface area contributed by atoms with Crippen molar-refractivity contribution in [1.82, 2.24) is 0 Å². The molecule has 3 aromatic rings. The zero-order valence-corrected chi connectivity index (χ0v) is 20.0. The number of rotatable bonds is 7. The Morgan fingerprint density at radius 2 is 1.67 bits per heavy atom. The van der Waals surface area contributed by atoms with Gasteiger partial charge in [0.15, 0.2) is 0 Å². The zero-order valence-electron chi connectivity index (χ0n) is 19.1. The number of ether oxygens (including phenoxy) is 3. The van der Waals surface area contributed by atoms with Crippen molar-refractivity contribution in [3.05, 3.63) is 64.0 Å². The SMILES string of the molecule is COc1ccc(/C=N/c2sc3c(c2C(=O)Nc2ccc(OC)cc2OC)CCCCC3)cc1. The fourth-order valence-corrected chi connectivity index (χ4v) is 5.19. The first kappa shape index (κ1) is 22.9. The number of aryl methyl sites for hydroxylation is 1. The lowest BCUT2D eigenvalue weighted by molar-refractivity contribution is 0.102. The Bertz CT molecular complexity index is 1150. The molecular weight excluding hydrogens is 436 g/mol. The minimum Gasteiger partial charge on any atom is -0.497 e. The summed E-state index contributed by atoms with van der Waals surface area (Å²) < 4.78 is 16.0. The van der Waals surface area contributed by atoms with Crippen LogP contribution in [0.5, 0.6) is 17.2 Å². The molecule has 4 rings (SSSR count). The normalized spacial score (nSPS) is 13.3. The number of hydrogen-bond acceptors (Lipinski definition) is 6. The molecule has 33 heavy (non-hydrogen) atoms. The minimum absolute atomic E-state index is 0.167. The summed E-state index contributed by atoms with van der Waals surface area (Å²) in [6.07, 6.45) is 7.09. The van der Waals surface area contributed by atoms with Crippen LogP contribution in [0.2, 0.25) is 0 Å². The first-order chi connectivity index (χ1) is 16.1. The molecule has 0 bridgehead atoms. The van der Waals surface area contributed by atoms with Gasteiger partial charge < -0.3 is 19.5 Å². The lowest BCUT2D eigenvalue weighted by Gasteiger charge is -2.12. The third-order valence-corrected chi connectivity index (χ3v) is 6.93. The molecule has 0 saturated heterocycles. The molecule has 6 nitrogen and oxygen atoms in total. The predicted molar refractivity (Wildman–Crippen MR) is 133 cm³/mol. The monoisotopic (exact) mass is 464 g/mol. The Morgan fingerprint density at radius 1 is 0.939 bits per heavy atom. The highest BCUT2D eigenvalue weighted by atomic mass is 32.1. The lowest BCUT2D eigenvalue weighted by atomic mass is 10.0. The molecule has 2 aromatic carbocycles. The molecule has 1 N–H and O–H groups in total. The molecule has 0 aliphatic heterocycles. The third kappa shape index (κ3) is 5.20. The highest BCUT2D eigenvalue weighted by Crippen LogP contribution is 2.40. The number of amides is 1. The summed E-state index contributed by atoms with van der Waals surface area (Å²) in [4.78, 5) is 19.5. The van der Waals surface area contributed by atoms with Crippen molar-refractivity contribution in [2.45, 2.75) is 32.1 Å². The van der Waals surface area contributed by atoms with Crippen LogP contribution in [0, 0.1) is 0 Å². The van der Waals surface area contributed by atoms with Gasteiger partial charge in [0, 0.05) is 17.2 Å². The number of hydrogen-bond donors (Lipinski definition) is 1. The summed E-state index contributed by atoms with van der Waals surface area (Å²) in [5, 5.41) is 3.77. The van der Waals surface area contributed by atoms with Gasteiger partial charge in [-0.25, -0.2) is 4.99 Å². The maximum atomic E-state index is 13.5. The van der Waals surface area contributed by atoms with Crippen molar-refractivity contribution < 1.29 is 19.0 Å². The second-order valence-electron chi connectivity index (χ2n) is 7.80. The van der Waals surface area contributed by atoms with Crippen LogP contribution in [-0.2, 0) is 12.8 Å². The minimum atomic E-state index is -0.167. The second-order valence-corrected chi connectivity index (χ2v) is 8.88. The molecule has 0 saturated carbocycles. The van der Waals surface area contributed by atoms with Crippen LogP contribution in [0.4, 0.5) is 10.7 Å². The van der Waals surface area contributed by atoms with E-state index in [1.807, 2.05) is 24.3 Å². The van der Waals surface area contributed by atoms with Crippen molar-refractivity contribution in [3.63, 3.8) is 0 Å². The van der Waals surface area contributed by atoms with Crippen molar-refractivity contribution >= 4 is 34.1 Å². The molecule has 0 unspecified atom stereocenters. The van der Waals surface area contributed by atoms with Crippen LogP contribution >= 0.6 is 11.3 Å². The van der Waals surface area contributed by atoms with Gasteiger partial charge in [-0.3, -0.25) is 4.79 Å². The number of anilines is 1. The summed E-state index contributed by atoms with van der Waals surface area (Å²) >= 11 is 1.62. The summed E-state index contributed by atoms with van der Waals surface area (Å²) in [7, 11) is 4.82. The number of fused-ring (bicyclic) bond motifs is 1. The smallest absolute Gasteiger partial charge is 0.259 e. The molecule has 7 heteroatoms. The average Bonchev–Trinajstić information content (AvgIpc) is 3.04. The molecule has 0 radical (unpaired) electrons. The van der Waals surface area contributed by atoms with Crippen LogP contribution in [0.1, 0.15) is 45.6 Å². The molecule has 1 heterocycles. The topological polar surface area (TPSA) is 69.2 Å². The molecule has 1 aliphatic rings. The van der Waals surface area contributed by atoms with Gasteiger partial charge in [0.1, 0.15) is 22.2 Å². The number of carbonyl (C=O) groups excluding carboxylic acids is 1. The van der Waals surface area contributed by atoms with Crippen molar-refractivity contribution in [1.29, 1.82) is 0 Å². The van der Waals surface area contributed by atoms with Gasteiger partial charge in [-0.15, -0.1) is 11.3 Å². The number of carbonyl (C=O) groups is 1. The van der Waals surface area contributed by atoms with Crippen molar-refractivity contribution in [2.75, 3.05) is 26.6 Å². The third-order valence-electron chi connectivity index (χ3n) is 5.73. The first-order valence-corrected chi connectivity index (χ1v) is 11.8. The Kier molecular flexibility index (Phi) is 7.29. The van der Waals surface area contributed by atoms with Crippen LogP contribution in [0.3, 0.4) is 0 Å². The largest absolute Gasteiger partial charge is 0.497 e. The van der Waals surface area contributed by atoms with Gasteiger partial charge in [-0.1, -0.05) is 6.42 Å². The zero-order chi connectivity index (χ0) is 23.2. The molecule has 172 valence electrons. The van der Waals surface area contributed by atoms with E-state index in [0.717, 1.165) is 47.6 Å². The van der Waals surface area contributed by atoms with E-state index >= 15 is 0 Å². The van der Waals surface area contributed by atoms with Crippen LogP contribution in [0.15, 0.2) is 47.5 Å². The van der Waals surface area contributed by atoms with Crippen LogP contribution in [-0.4, -0.2) is 33.5 Å². The lowest BCUT2D eigenvalue weighted by Crippen LogP contribution is -2.14. The van der Waals surface area contributed by atoms with Gasteiger partial charge in [-0.05, 0) is 73.2 Å². The number of thiophene rings is 1. The predicted octanol–water partition coefficient (Wildman–Crippen LogP) is 6.05. The Hall–Kier alpha value is -3.32. The summed E-state index contributed by atoms with van der Waals surface area (Å²) in [5.74, 6) is 1.84. The fraction of sp³-hybridized carbons (Fsp3) is 0.308. The van der Waals surface area contributed by atoms with E-state index < -0.39 is 0 Å². The highest BCUT2D eigenvalue weighted by Gasteiger charge is 2.25. The number of aliphatic imine (C=N–C) groups is 1. The Morgan fingerprint density at radius 3 is 2.39 bits per heavy atom. The maximum Gasteiger partial charge on any atom is 0.259 e. The molecule has 0 spiro atoms. The molecule has 1 aromatic heterocycles. The van der Waals surface area contributed by atoms with Gasteiger partial charge in [0.25, 0.3) is 5.91 Å². The number of nitrogens with one attached hydrogen (secondary N) is 1. The molecular formula is C26H28N2O4S. The molecule has 0 fully saturated rings. The van der Waals surface area contributed by atoms with E-state index in [9.17, 15) is 4.79 Å². The quantitative estimate of drug-likeness (QED) is 0.342. The summed E-state index contributed by atoms with van der Waals surface area (Å²) in [6.45, 7) is 0. The molecule has 1 amide bonds. The van der Waals surface area contributed by atoms with Crippen LogP contribution in [0.25, 0.3) is 0 Å². The van der Waals surface area contributed by atoms with E-state index in [1.165, 1.54) is 11.3 Å². The average molecular weight is 465 g/mol. The van der Waals surface area contributed by atoms with Gasteiger partial charge in [-0.2, -0.15) is 0 Å². The summed E-state index contributed by atoms with van der Waals surface area (Å²) in [5.41, 5.74) is 3.34. The highest BCUT2D eigenvalue weighted by molar-refractivity contribution is 7.16. The first-order valence-electron chi connectivity index (χ1n) is 11.0. The number of benzene rings is 2. The van der Waals surface area contributed by atoms with Crippen LogP contribution < -0.4 is 19.5 Å². The van der Waals surface area contributed by atoms with Crippen molar-refractivity contribution in [2.24, 2.45) is 4.99 Å². The Balaban J connectivity index is 1.67. The molecule has 1 aliphatic carbocycles. The fourth-order valence-electron chi connectivity index (χ4n) is 3.96.